The summed E-state index contributed by atoms with van der Waals surface area (Å²) < 4.78 is 22.3. The molecule has 0 spiro atoms. The molecule has 0 heterocycles. The molecule has 242 valence electrons. The highest BCUT2D eigenvalue weighted by molar-refractivity contribution is 5.79. The first-order chi connectivity index (χ1) is 20.6. The van der Waals surface area contributed by atoms with Gasteiger partial charge in [0.25, 0.3) is 0 Å². The van der Waals surface area contributed by atoms with Crippen LogP contribution in [0.5, 0.6) is 11.5 Å². The minimum Gasteiger partial charge on any atom is -0.493 e. The van der Waals surface area contributed by atoms with E-state index in [1.807, 2.05) is 63.2 Å². The molecule has 0 aromatic heterocycles. The second-order valence-electron chi connectivity index (χ2n) is 12.1. The number of carbonyl (C=O) groups is 1. The van der Waals surface area contributed by atoms with Crippen LogP contribution in [0.15, 0.2) is 48.5 Å². The van der Waals surface area contributed by atoms with Gasteiger partial charge in [0.2, 0.25) is 5.91 Å². The standard InChI is InChI=1S/C35H56N2O6/c1-8-42-23-31(27-13-10-9-11-14-27)37-35(39)29(25(4)5)22-32(38)30(36)21-28(24(2)3)19-26-15-16-33(41-7)34(20-26)43-18-12-17-40-6/h9-11,13-16,20,24-25,28-32,38H,8,12,17-19,21-23,36H2,1-7H3,(H,37,39)/t28-,29-,30-,31+,32-/m0/s1. The van der Waals surface area contributed by atoms with Crippen LogP contribution >= 0.6 is 0 Å². The highest BCUT2D eigenvalue weighted by atomic mass is 16.5. The molecule has 2 aromatic carbocycles. The van der Waals surface area contributed by atoms with Gasteiger partial charge in [-0.1, -0.05) is 64.1 Å². The van der Waals surface area contributed by atoms with Crippen molar-refractivity contribution < 1.29 is 28.8 Å². The number of amides is 1. The van der Waals surface area contributed by atoms with Crippen LogP contribution in [-0.4, -0.2) is 63.8 Å². The maximum atomic E-state index is 13.5. The summed E-state index contributed by atoms with van der Waals surface area (Å²) in [5, 5.41) is 14.4. The van der Waals surface area contributed by atoms with Crippen molar-refractivity contribution in [2.45, 2.75) is 78.5 Å². The molecule has 0 saturated carbocycles. The number of methoxy groups -OCH3 is 2. The number of aliphatic hydroxyl groups is 1. The number of aliphatic hydroxyl groups excluding tert-OH is 1. The molecule has 8 heteroatoms. The van der Waals surface area contributed by atoms with Crippen LogP contribution < -0.4 is 20.5 Å². The largest absolute Gasteiger partial charge is 0.493 e. The minimum atomic E-state index is -0.808. The van der Waals surface area contributed by atoms with E-state index in [-0.39, 0.29) is 29.7 Å². The molecule has 2 rings (SSSR count). The second kappa shape index (κ2) is 19.6. The summed E-state index contributed by atoms with van der Waals surface area (Å²) in [4.78, 5) is 13.5. The van der Waals surface area contributed by atoms with Gasteiger partial charge in [0.05, 0.1) is 32.5 Å². The smallest absolute Gasteiger partial charge is 0.224 e. The molecule has 0 aliphatic rings. The number of hydrogen-bond donors (Lipinski definition) is 3. The molecule has 43 heavy (non-hydrogen) atoms. The maximum absolute atomic E-state index is 13.5. The fourth-order valence-corrected chi connectivity index (χ4v) is 5.28. The van der Waals surface area contributed by atoms with E-state index >= 15 is 0 Å². The van der Waals surface area contributed by atoms with Crippen molar-refractivity contribution in [3.63, 3.8) is 0 Å². The van der Waals surface area contributed by atoms with Crippen LogP contribution in [0.25, 0.3) is 0 Å². The van der Waals surface area contributed by atoms with Crippen molar-refractivity contribution in [1.29, 1.82) is 0 Å². The van der Waals surface area contributed by atoms with Gasteiger partial charge in [0.1, 0.15) is 0 Å². The molecule has 4 N–H and O–H groups in total. The van der Waals surface area contributed by atoms with Crippen molar-refractivity contribution in [2.24, 2.45) is 29.4 Å². The lowest BCUT2D eigenvalue weighted by molar-refractivity contribution is -0.129. The normalized spacial score (nSPS) is 15.1. The Morgan fingerprint density at radius 1 is 0.953 bits per heavy atom. The number of rotatable bonds is 21. The lowest BCUT2D eigenvalue weighted by Gasteiger charge is -2.31. The summed E-state index contributed by atoms with van der Waals surface area (Å²) in [7, 11) is 3.32. The zero-order chi connectivity index (χ0) is 31.8. The Morgan fingerprint density at radius 3 is 2.28 bits per heavy atom. The maximum Gasteiger partial charge on any atom is 0.224 e. The Hall–Kier alpha value is -2.65. The van der Waals surface area contributed by atoms with Crippen molar-refractivity contribution >= 4 is 5.91 Å². The van der Waals surface area contributed by atoms with Crippen LogP contribution in [0.3, 0.4) is 0 Å². The molecule has 8 nitrogen and oxygen atoms in total. The van der Waals surface area contributed by atoms with Crippen LogP contribution in [-0.2, 0) is 20.7 Å². The van der Waals surface area contributed by atoms with Crippen LogP contribution in [0.1, 0.15) is 71.0 Å². The van der Waals surface area contributed by atoms with E-state index in [0.717, 1.165) is 24.0 Å². The van der Waals surface area contributed by atoms with Gasteiger partial charge < -0.3 is 35.1 Å². The molecular formula is C35H56N2O6. The summed E-state index contributed by atoms with van der Waals surface area (Å²) in [6.45, 7) is 12.5. The predicted octanol–water partition coefficient (Wildman–Crippen LogP) is 5.56. The van der Waals surface area contributed by atoms with Crippen LogP contribution in [0, 0.1) is 23.7 Å². The van der Waals surface area contributed by atoms with Crippen LogP contribution in [0.2, 0.25) is 0 Å². The number of carbonyl (C=O) groups excluding carboxylic acids is 1. The Bertz CT molecular complexity index is 1050. The van der Waals surface area contributed by atoms with Gasteiger partial charge >= 0.3 is 0 Å². The SMILES string of the molecule is CCOC[C@@H](NC(=O)[C@@H](C[C@H](O)[C@@H](N)C[C@H](Cc1ccc(OC)c(OCCCOC)c1)C(C)C)C(C)C)c1ccccc1. The Balaban J connectivity index is 2.07. The Kier molecular flexibility index (Phi) is 16.6. The van der Waals surface area contributed by atoms with E-state index in [0.29, 0.717) is 56.7 Å². The molecule has 2 aromatic rings. The zero-order valence-corrected chi connectivity index (χ0v) is 27.4. The predicted molar refractivity (Wildman–Crippen MR) is 172 cm³/mol. The summed E-state index contributed by atoms with van der Waals surface area (Å²) in [5.74, 6) is 1.56. The average Bonchev–Trinajstić information content (AvgIpc) is 2.99. The average molecular weight is 601 g/mol. The monoisotopic (exact) mass is 600 g/mol. The highest BCUT2D eigenvalue weighted by Crippen LogP contribution is 2.32. The number of hydrogen-bond acceptors (Lipinski definition) is 7. The number of benzene rings is 2. The Labute approximate surface area is 259 Å². The van der Waals surface area contributed by atoms with Gasteiger partial charge in [-0.2, -0.15) is 0 Å². The first-order valence-electron chi connectivity index (χ1n) is 15.8. The van der Waals surface area contributed by atoms with Gasteiger partial charge in [-0.3, -0.25) is 4.79 Å². The minimum absolute atomic E-state index is 0.0351. The molecule has 0 radical (unpaired) electrons. The van der Waals surface area contributed by atoms with Gasteiger partial charge in [-0.05, 0) is 67.2 Å². The molecule has 0 fully saturated rings. The number of ether oxygens (including phenoxy) is 4. The van der Waals surface area contributed by atoms with Gasteiger partial charge in [-0.25, -0.2) is 0 Å². The summed E-state index contributed by atoms with van der Waals surface area (Å²) in [6.07, 6.45) is 1.71. The first kappa shape index (κ1) is 36.5. The highest BCUT2D eigenvalue weighted by Gasteiger charge is 2.31. The van der Waals surface area contributed by atoms with E-state index in [4.69, 9.17) is 24.7 Å². The second-order valence-corrected chi connectivity index (χ2v) is 12.1. The molecule has 0 bridgehead atoms. The fraction of sp³-hybridized carbons (Fsp3) is 0.629. The van der Waals surface area contributed by atoms with E-state index < -0.39 is 12.1 Å². The molecule has 0 saturated heterocycles. The topological polar surface area (TPSA) is 112 Å². The fourth-order valence-electron chi connectivity index (χ4n) is 5.28. The lowest BCUT2D eigenvalue weighted by Crippen LogP contribution is -2.44. The Morgan fingerprint density at radius 2 is 1.67 bits per heavy atom. The van der Waals surface area contributed by atoms with Crippen molar-refractivity contribution in [1.82, 2.24) is 5.32 Å². The third-order valence-electron chi connectivity index (χ3n) is 8.13. The third-order valence-corrected chi connectivity index (χ3v) is 8.13. The van der Waals surface area contributed by atoms with Crippen LogP contribution in [0.4, 0.5) is 0 Å². The van der Waals surface area contributed by atoms with E-state index in [1.165, 1.54) is 0 Å². The van der Waals surface area contributed by atoms with Crippen molar-refractivity contribution in [2.75, 3.05) is 40.6 Å². The summed E-state index contributed by atoms with van der Waals surface area (Å²) in [6, 6.07) is 15.2. The molecule has 5 atom stereocenters. The molecule has 0 unspecified atom stereocenters. The van der Waals surface area contributed by atoms with Gasteiger partial charge in [-0.15, -0.1) is 0 Å². The van der Waals surface area contributed by atoms with E-state index in [9.17, 15) is 9.90 Å². The quantitative estimate of drug-likeness (QED) is 0.161. The van der Waals surface area contributed by atoms with Crippen molar-refractivity contribution in [3.05, 3.63) is 59.7 Å². The molecule has 0 aliphatic carbocycles. The molecule has 1 amide bonds. The van der Waals surface area contributed by atoms with Gasteiger partial charge in [0.15, 0.2) is 11.5 Å². The third kappa shape index (κ3) is 12.5. The molecular weight excluding hydrogens is 544 g/mol. The lowest BCUT2D eigenvalue weighted by atomic mass is 9.80. The summed E-state index contributed by atoms with van der Waals surface area (Å²) in [5.41, 5.74) is 8.75. The van der Waals surface area contributed by atoms with Gasteiger partial charge in [0, 0.05) is 38.7 Å². The zero-order valence-electron chi connectivity index (χ0n) is 27.4. The van der Waals surface area contributed by atoms with Crippen molar-refractivity contribution in [3.8, 4) is 11.5 Å². The molecule has 0 aliphatic heterocycles. The summed E-state index contributed by atoms with van der Waals surface area (Å²) >= 11 is 0. The number of nitrogens with two attached hydrogens (primary N) is 1. The van der Waals surface area contributed by atoms with E-state index in [2.05, 4.69) is 25.2 Å². The van der Waals surface area contributed by atoms with E-state index in [1.54, 1.807) is 14.2 Å². The number of nitrogens with one attached hydrogen (secondary N) is 1. The first-order valence-corrected chi connectivity index (χ1v) is 15.8.